The third kappa shape index (κ3) is 4.30. The van der Waals surface area contributed by atoms with Crippen LogP contribution in [0.3, 0.4) is 0 Å². The number of carbonyl (C=O) groups excluding carboxylic acids is 1. The number of hydrogen-bond acceptors (Lipinski definition) is 4. The minimum atomic E-state index is -0.577. The number of amides is 1. The summed E-state index contributed by atoms with van der Waals surface area (Å²) in [5, 5.41) is 8.27. The molecule has 0 aliphatic rings. The van der Waals surface area contributed by atoms with Crippen molar-refractivity contribution in [1.82, 2.24) is 29.6 Å². The minimum absolute atomic E-state index is 0.0708. The van der Waals surface area contributed by atoms with Crippen molar-refractivity contribution in [1.29, 1.82) is 0 Å². The first-order chi connectivity index (χ1) is 16.9. The fourth-order valence-electron chi connectivity index (χ4n) is 4.16. The van der Waals surface area contributed by atoms with Crippen LogP contribution in [0.15, 0.2) is 79.3 Å². The summed E-state index contributed by atoms with van der Waals surface area (Å²) in [5.74, 6) is -0.00487. The molecule has 0 bridgehead atoms. The molecule has 35 heavy (non-hydrogen) atoms. The first-order valence-electron chi connectivity index (χ1n) is 11.4. The largest absolute Gasteiger partial charge is 0.338 e. The monoisotopic (exact) mass is 468 g/mol. The molecule has 1 amide bonds. The molecule has 0 saturated heterocycles. The van der Waals surface area contributed by atoms with Crippen molar-refractivity contribution < 1.29 is 9.18 Å². The summed E-state index contributed by atoms with van der Waals surface area (Å²) < 4.78 is 17.3. The van der Waals surface area contributed by atoms with E-state index in [2.05, 4.69) is 15.4 Å². The van der Waals surface area contributed by atoms with Gasteiger partial charge in [0.05, 0.1) is 22.8 Å². The molecule has 0 aliphatic heterocycles. The zero-order valence-electron chi connectivity index (χ0n) is 19.7. The van der Waals surface area contributed by atoms with Gasteiger partial charge in [-0.25, -0.2) is 19.0 Å². The fourth-order valence-corrected chi connectivity index (χ4v) is 4.16. The number of carbonyl (C=O) groups is 1. The Morgan fingerprint density at radius 2 is 1.80 bits per heavy atom. The van der Waals surface area contributed by atoms with Crippen molar-refractivity contribution in [2.45, 2.75) is 25.9 Å². The highest BCUT2D eigenvalue weighted by atomic mass is 19.1. The lowest BCUT2D eigenvalue weighted by Crippen LogP contribution is -2.31. The third-order valence-corrected chi connectivity index (χ3v) is 5.97. The maximum atomic E-state index is 13.8. The summed E-state index contributed by atoms with van der Waals surface area (Å²) in [6.07, 6.45) is 5.16. The number of imidazole rings is 1. The first-order valence-corrected chi connectivity index (χ1v) is 11.4. The standard InChI is InChI=1S/C27H25FN6O/c1-17(2)34-25-22(16-30-34)21(15-23(31-25)18-7-5-4-6-8-18)27(35)32-24(26-29-13-14-33(26)3)19-9-11-20(28)12-10-19/h4-17,24H,1-3H3,(H,32,35). The Hall–Kier alpha value is -4.33. The van der Waals surface area contributed by atoms with Gasteiger partial charge in [-0.05, 0) is 37.6 Å². The highest BCUT2D eigenvalue weighted by Gasteiger charge is 2.24. The van der Waals surface area contributed by atoms with Gasteiger partial charge in [-0.3, -0.25) is 4.79 Å². The van der Waals surface area contributed by atoms with Gasteiger partial charge < -0.3 is 9.88 Å². The van der Waals surface area contributed by atoms with Crippen molar-refractivity contribution in [2.75, 3.05) is 0 Å². The number of nitrogens with zero attached hydrogens (tertiary/aromatic N) is 5. The Morgan fingerprint density at radius 1 is 1.06 bits per heavy atom. The molecule has 176 valence electrons. The van der Waals surface area contributed by atoms with Crippen LogP contribution in [0, 0.1) is 5.82 Å². The Bertz CT molecular complexity index is 1490. The molecule has 0 fully saturated rings. The Morgan fingerprint density at radius 3 is 2.46 bits per heavy atom. The van der Waals surface area contributed by atoms with Crippen LogP contribution < -0.4 is 5.32 Å². The first kappa shape index (κ1) is 22.5. The molecule has 5 rings (SSSR count). The van der Waals surface area contributed by atoms with Crippen LogP contribution >= 0.6 is 0 Å². The molecule has 3 aromatic heterocycles. The SMILES string of the molecule is CC(C)n1ncc2c(C(=O)NC(c3ccc(F)cc3)c3nccn3C)cc(-c3ccccc3)nc21. The summed E-state index contributed by atoms with van der Waals surface area (Å²) >= 11 is 0. The Labute approximate surface area is 202 Å². The second kappa shape index (κ2) is 9.13. The van der Waals surface area contributed by atoms with E-state index in [-0.39, 0.29) is 17.8 Å². The number of pyridine rings is 1. The lowest BCUT2D eigenvalue weighted by Gasteiger charge is -2.20. The van der Waals surface area contributed by atoms with Crippen LogP contribution in [0.2, 0.25) is 0 Å². The zero-order valence-corrected chi connectivity index (χ0v) is 19.7. The van der Waals surface area contributed by atoms with Gasteiger partial charge >= 0.3 is 0 Å². The normalized spacial score (nSPS) is 12.3. The van der Waals surface area contributed by atoms with Gasteiger partial charge in [-0.15, -0.1) is 0 Å². The third-order valence-electron chi connectivity index (χ3n) is 5.97. The highest BCUT2D eigenvalue weighted by Crippen LogP contribution is 2.28. The summed E-state index contributed by atoms with van der Waals surface area (Å²) in [6.45, 7) is 4.05. The number of fused-ring (bicyclic) bond motifs is 1. The molecule has 8 heteroatoms. The minimum Gasteiger partial charge on any atom is -0.338 e. The molecule has 0 saturated carbocycles. The smallest absolute Gasteiger partial charge is 0.253 e. The number of aryl methyl sites for hydroxylation is 1. The van der Waals surface area contributed by atoms with Gasteiger partial charge in [0.2, 0.25) is 0 Å². The molecule has 1 atom stereocenters. The number of benzene rings is 2. The van der Waals surface area contributed by atoms with E-state index in [9.17, 15) is 9.18 Å². The van der Waals surface area contributed by atoms with Gasteiger partial charge in [0.15, 0.2) is 5.65 Å². The molecule has 2 aromatic carbocycles. The van der Waals surface area contributed by atoms with Crippen molar-refractivity contribution in [2.24, 2.45) is 7.05 Å². The topological polar surface area (TPSA) is 77.6 Å². The van der Waals surface area contributed by atoms with E-state index >= 15 is 0 Å². The van der Waals surface area contributed by atoms with E-state index in [4.69, 9.17) is 4.98 Å². The number of halogens is 1. The van der Waals surface area contributed by atoms with Crippen LogP contribution in [0.5, 0.6) is 0 Å². The van der Waals surface area contributed by atoms with Gasteiger partial charge in [-0.1, -0.05) is 42.5 Å². The van der Waals surface area contributed by atoms with E-state index < -0.39 is 6.04 Å². The molecule has 0 radical (unpaired) electrons. The predicted octanol–water partition coefficient (Wildman–Crippen LogP) is 5.07. The van der Waals surface area contributed by atoms with Crippen LogP contribution in [0.1, 0.15) is 47.7 Å². The van der Waals surface area contributed by atoms with Crippen LogP contribution in [0.4, 0.5) is 4.39 Å². The van der Waals surface area contributed by atoms with Crippen LogP contribution in [-0.2, 0) is 7.05 Å². The molecule has 1 N–H and O–H groups in total. The van der Waals surface area contributed by atoms with E-state index in [0.717, 1.165) is 11.1 Å². The molecule has 0 aliphatic carbocycles. The average Bonchev–Trinajstić information content (AvgIpc) is 3.49. The lowest BCUT2D eigenvalue weighted by atomic mass is 10.0. The van der Waals surface area contributed by atoms with Crippen molar-refractivity contribution >= 4 is 16.9 Å². The summed E-state index contributed by atoms with van der Waals surface area (Å²) in [7, 11) is 1.86. The summed E-state index contributed by atoms with van der Waals surface area (Å²) in [5.41, 5.74) is 3.41. The van der Waals surface area contributed by atoms with E-state index in [1.165, 1.54) is 12.1 Å². The highest BCUT2D eigenvalue weighted by molar-refractivity contribution is 6.06. The Kier molecular flexibility index (Phi) is 5.86. The molecule has 0 spiro atoms. The van der Waals surface area contributed by atoms with Crippen LogP contribution in [0.25, 0.3) is 22.3 Å². The number of aromatic nitrogens is 5. The summed E-state index contributed by atoms with van der Waals surface area (Å²) in [6, 6.07) is 17.1. The van der Waals surface area contributed by atoms with Gasteiger partial charge in [0.1, 0.15) is 17.7 Å². The quantitative estimate of drug-likeness (QED) is 0.377. The second-order valence-corrected chi connectivity index (χ2v) is 8.70. The van der Waals surface area contributed by atoms with Crippen molar-refractivity contribution in [3.05, 3.63) is 102 Å². The van der Waals surface area contributed by atoms with E-state index in [1.807, 2.05) is 66.7 Å². The van der Waals surface area contributed by atoms with Gasteiger partial charge in [0, 0.05) is 31.0 Å². The van der Waals surface area contributed by atoms with Gasteiger partial charge in [-0.2, -0.15) is 5.10 Å². The molecule has 1 unspecified atom stereocenters. The maximum absolute atomic E-state index is 13.8. The number of nitrogens with one attached hydrogen (secondary N) is 1. The lowest BCUT2D eigenvalue weighted by molar-refractivity contribution is 0.0942. The molecular formula is C27H25FN6O. The number of rotatable bonds is 6. The van der Waals surface area contributed by atoms with E-state index in [1.54, 1.807) is 30.6 Å². The molecule has 3 heterocycles. The second-order valence-electron chi connectivity index (χ2n) is 8.70. The molecule has 7 nitrogen and oxygen atoms in total. The van der Waals surface area contributed by atoms with Gasteiger partial charge in [0.25, 0.3) is 5.91 Å². The fraction of sp³-hybridized carbons (Fsp3) is 0.185. The average molecular weight is 469 g/mol. The van der Waals surface area contributed by atoms with Crippen molar-refractivity contribution in [3.8, 4) is 11.3 Å². The van der Waals surface area contributed by atoms with E-state index in [0.29, 0.717) is 28.1 Å². The summed E-state index contributed by atoms with van der Waals surface area (Å²) in [4.78, 5) is 23.1. The number of hydrogen-bond donors (Lipinski definition) is 1. The van der Waals surface area contributed by atoms with Crippen LogP contribution in [-0.4, -0.2) is 30.2 Å². The van der Waals surface area contributed by atoms with Crippen molar-refractivity contribution in [3.63, 3.8) is 0 Å². The predicted molar refractivity (Wildman–Crippen MR) is 132 cm³/mol. The molecule has 5 aromatic rings. The Balaban J connectivity index is 1.62. The maximum Gasteiger partial charge on any atom is 0.253 e. The molecular weight excluding hydrogens is 443 g/mol. The zero-order chi connectivity index (χ0) is 24.5.